The smallest absolute Gasteiger partial charge is 0.239 e. The van der Waals surface area contributed by atoms with Gasteiger partial charge in [0, 0.05) is 19.1 Å². The molecule has 1 amide bonds. The molecule has 2 fully saturated rings. The van der Waals surface area contributed by atoms with Crippen molar-refractivity contribution >= 4 is 5.91 Å². The Bertz CT molecular complexity index is 300. The summed E-state index contributed by atoms with van der Waals surface area (Å²) in [4.78, 5) is 13.9. The summed E-state index contributed by atoms with van der Waals surface area (Å²) in [6.45, 7) is 8.48. The van der Waals surface area contributed by atoms with Gasteiger partial charge in [0.25, 0.3) is 0 Å². The number of likely N-dealkylation sites (tertiary alicyclic amines) is 1. The van der Waals surface area contributed by atoms with Gasteiger partial charge < -0.3 is 15.0 Å². The third-order valence-corrected chi connectivity index (χ3v) is 3.17. The third kappa shape index (κ3) is 3.82. The summed E-state index contributed by atoms with van der Waals surface area (Å²) in [5, 5.41) is 3.40. The van der Waals surface area contributed by atoms with Crippen LogP contribution in [0.5, 0.6) is 0 Å². The zero-order valence-corrected chi connectivity index (χ0v) is 10.6. The van der Waals surface area contributed by atoms with E-state index in [4.69, 9.17) is 4.74 Å². The summed E-state index contributed by atoms with van der Waals surface area (Å²) < 4.78 is 5.42. The van der Waals surface area contributed by atoms with Gasteiger partial charge in [-0.2, -0.15) is 0 Å². The van der Waals surface area contributed by atoms with Crippen LogP contribution in [0.2, 0.25) is 0 Å². The predicted octanol–water partition coefficient (Wildman–Crippen LogP) is 0.932. The molecule has 1 saturated carbocycles. The number of ether oxygens (including phenoxy) is 1. The molecule has 1 N–H and O–H groups in total. The van der Waals surface area contributed by atoms with Gasteiger partial charge in [-0.05, 0) is 26.2 Å². The first-order chi connectivity index (χ1) is 8.16. The molecule has 2 rings (SSSR count). The van der Waals surface area contributed by atoms with E-state index < -0.39 is 0 Å². The van der Waals surface area contributed by atoms with Crippen LogP contribution >= 0.6 is 0 Å². The van der Waals surface area contributed by atoms with Crippen LogP contribution in [0.1, 0.15) is 26.2 Å². The topological polar surface area (TPSA) is 41.6 Å². The van der Waals surface area contributed by atoms with E-state index in [0.717, 1.165) is 18.5 Å². The number of carbonyl (C=O) groups is 1. The fourth-order valence-electron chi connectivity index (χ4n) is 2.07. The van der Waals surface area contributed by atoms with Gasteiger partial charge in [-0.1, -0.05) is 12.2 Å². The van der Waals surface area contributed by atoms with Crippen molar-refractivity contribution in [1.29, 1.82) is 0 Å². The lowest BCUT2D eigenvalue weighted by molar-refractivity contribution is -0.130. The molecular formula is C13H22N2O2. The normalized spacial score (nSPS) is 24.4. The molecule has 4 heteroatoms. The maximum atomic E-state index is 12.0. The van der Waals surface area contributed by atoms with Crippen LogP contribution < -0.4 is 5.32 Å². The second-order valence-electron chi connectivity index (χ2n) is 5.12. The van der Waals surface area contributed by atoms with Gasteiger partial charge in [-0.15, -0.1) is 0 Å². The number of carbonyl (C=O) groups excluding carboxylic acids is 1. The molecule has 96 valence electrons. The summed E-state index contributed by atoms with van der Waals surface area (Å²) in [6.07, 6.45) is 3.40. The number of hydrogen-bond acceptors (Lipinski definition) is 3. The van der Waals surface area contributed by atoms with Gasteiger partial charge in [0.1, 0.15) is 0 Å². The van der Waals surface area contributed by atoms with E-state index in [0.29, 0.717) is 25.8 Å². The van der Waals surface area contributed by atoms with Crippen molar-refractivity contribution in [2.45, 2.75) is 38.3 Å². The first-order valence-electron chi connectivity index (χ1n) is 6.44. The standard InChI is InChI=1S/C13H22N2O2/c1-10(2)9-17-8-7-15-6-5-12(13(15)16)14-11-3-4-11/h11-12,14H,1,3-9H2,2H3. The van der Waals surface area contributed by atoms with Gasteiger partial charge in [0.05, 0.1) is 19.3 Å². The highest BCUT2D eigenvalue weighted by molar-refractivity contribution is 5.84. The van der Waals surface area contributed by atoms with Gasteiger partial charge >= 0.3 is 0 Å². The predicted molar refractivity (Wildman–Crippen MR) is 66.8 cm³/mol. The molecule has 1 heterocycles. The van der Waals surface area contributed by atoms with E-state index in [-0.39, 0.29) is 11.9 Å². The molecule has 4 nitrogen and oxygen atoms in total. The fraction of sp³-hybridized carbons (Fsp3) is 0.769. The average molecular weight is 238 g/mol. The molecule has 1 unspecified atom stereocenters. The van der Waals surface area contributed by atoms with Crippen LogP contribution in [0.25, 0.3) is 0 Å². The van der Waals surface area contributed by atoms with Crippen molar-refractivity contribution < 1.29 is 9.53 Å². The summed E-state index contributed by atoms with van der Waals surface area (Å²) in [5.74, 6) is 0.246. The van der Waals surface area contributed by atoms with Crippen molar-refractivity contribution in [2.24, 2.45) is 0 Å². The molecule has 0 aromatic carbocycles. The van der Waals surface area contributed by atoms with E-state index >= 15 is 0 Å². The lowest BCUT2D eigenvalue weighted by Crippen LogP contribution is -2.40. The quantitative estimate of drug-likeness (QED) is 0.530. The maximum absolute atomic E-state index is 12.0. The second kappa shape index (κ2) is 5.65. The van der Waals surface area contributed by atoms with E-state index in [9.17, 15) is 4.79 Å². The molecule has 0 spiro atoms. The van der Waals surface area contributed by atoms with Crippen molar-refractivity contribution in [2.75, 3.05) is 26.3 Å². The van der Waals surface area contributed by atoms with Gasteiger partial charge in [0.2, 0.25) is 5.91 Å². The Kier molecular flexibility index (Phi) is 4.18. The average Bonchev–Trinajstić information content (AvgIpc) is 3.02. The molecule has 1 aliphatic carbocycles. The SMILES string of the molecule is C=C(C)COCCN1CCC(NC2CC2)C1=O. The van der Waals surface area contributed by atoms with Crippen LogP contribution in [0, 0.1) is 0 Å². The molecule has 0 aromatic heterocycles. The van der Waals surface area contributed by atoms with E-state index in [1.807, 2.05) is 11.8 Å². The first kappa shape index (κ1) is 12.6. The molecule has 17 heavy (non-hydrogen) atoms. The Morgan fingerprint density at radius 2 is 2.29 bits per heavy atom. The Hall–Kier alpha value is -0.870. The molecule has 0 radical (unpaired) electrons. The second-order valence-corrected chi connectivity index (χ2v) is 5.12. The van der Waals surface area contributed by atoms with Crippen LogP contribution in [0.4, 0.5) is 0 Å². The minimum absolute atomic E-state index is 0.0589. The van der Waals surface area contributed by atoms with Crippen LogP contribution in [-0.2, 0) is 9.53 Å². The van der Waals surface area contributed by atoms with Crippen molar-refractivity contribution in [3.05, 3.63) is 12.2 Å². The first-order valence-corrected chi connectivity index (χ1v) is 6.44. The van der Waals surface area contributed by atoms with Crippen molar-refractivity contribution in [3.8, 4) is 0 Å². The van der Waals surface area contributed by atoms with Crippen molar-refractivity contribution in [1.82, 2.24) is 10.2 Å². The summed E-state index contributed by atoms with van der Waals surface area (Å²) >= 11 is 0. The summed E-state index contributed by atoms with van der Waals surface area (Å²) in [5.41, 5.74) is 1.02. The third-order valence-electron chi connectivity index (χ3n) is 3.17. The molecule has 0 aromatic rings. The van der Waals surface area contributed by atoms with E-state index in [2.05, 4.69) is 11.9 Å². The molecular weight excluding hydrogens is 216 g/mol. The molecule has 2 aliphatic rings. The molecule has 1 saturated heterocycles. The number of nitrogens with one attached hydrogen (secondary N) is 1. The zero-order chi connectivity index (χ0) is 12.3. The Labute approximate surface area is 103 Å². The lowest BCUT2D eigenvalue weighted by Gasteiger charge is -2.17. The minimum Gasteiger partial charge on any atom is -0.375 e. The number of hydrogen-bond donors (Lipinski definition) is 1. The molecule has 1 aliphatic heterocycles. The van der Waals surface area contributed by atoms with Crippen LogP contribution in [-0.4, -0.2) is 49.2 Å². The van der Waals surface area contributed by atoms with E-state index in [1.165, 1.54) is 12.8 Å². The largest absolute Gasteiger partial charge is 0.375 e. The molecule has 0 bridgehead atoms. The molecule has 1 atom stereocenters. The Morgan fingerprint density at radius 3 is 2.94 bits per heavy atom. The fourth-order valence-corrected chi connectivity index (χ4v) is 2.07. The summed E-state index contributed by atoms with van der Waals surface area (Å²) in [6, 6.07) is 0.659. The highest BCUT2D eigenvalue weighted by Gasteiger charge is 2.35. The minimum atomic E-state index is 0.0589. The zero-order valence-electron chi connectivity index (χ0n) is 10.6. The number of amides is 1. The van der Waals surface area contributed by atoms with Gasteiger partial charge in [-0.25, -0.2) is 0 Å². The van der Waals surface area contributed by atoms with E-state index in [1.54, 1.807) is 0 Å². The number of nitrogens with zero attached hydrogens (tertiary/aromatic N) is 1. The van der Waals surface area contributed by atoms with Gasteiger partial charge in [0.15, 0.2) is 0 Å². The highest BCUT2D eigenvalue weighted by atomic mass is 16.5. The van der Waals surface area contributed by atoms with Gasteiger partial charge in [-0.3, -0.25) is 4.79 Å². The number of rotatable bonds is 7. The maximum Gasteiger partial charge on any atom is 0.239 e. The summed E-state index contributed by atoms with van der Waals surface area (Å²) in [7, 11) is 0. The highest BCUT2D eigenvalue weighted by Crippen LogP contribution is 2.22. The van der Waals surface area contributed by atoms with Crippen LogP contribution in [0.3, 0.4) is 0 Å². The van der Waals surface area contributed by atoms with Crippen molar-refractivity contribution in [3.63, 3.8) is 0 Å². The monoisotopic (exact) mass is 238 g/mol. The lowest BCUT2D eigenvalue weighted by atomic mass is 10.2. The Morgan fingerprint density at radius 1 is 1.53 bits per heavy atom. The Balaban J connectivity index is 1.64. The van der Waals surface area contributed by atoms with Crippen LogP contribution in [0.15, 0.2) is 12.2 Å².